The second-order valence-corrected chi connectivity index (χ2v) is 2.61. The molecule has 0 aromatic carbocycles. The normalized spacial score (nSPS) is 16.2. The molecule has 0 spiro atoms. The first kappa shape index (κ1) is 6.46. The van der Waals surface area contributed by atoms with Gasteiger partial charge in [-0.1, -0.05) is 0 Å². The van der Waals surface area contributed by atoms with Crippen LogP contribution in [0.2, 0.25) is 0 Å². The zero-order valence-corrected chi connectivity index (χ0v) is 6.00. The Bertz CT molecular complexity index is 296. The van der Waals surface area contributed by atoms with Crippen molar-refractivity contribution in [2.45, 2.75) is 19.3 Å². The molecule has 1 aromatic heterocycles. The maximum Gasteiger partial charge on any atom is 0.197 e. The summed E-state index contributed by atoms with van der Waals surface area (Å²) < 4.78 is 0. The summed E-state index contributed by atoms with van der Waals surface area (Å²) in [6.07, 6.45) is 6.49. The molecule has 0 saturated carbocycles. The Labute approximate surface area is 64.5 Å². The molecule has 1 heterocycles. The monoisotopic (exact) mass is 147 g/mol. The minimum atomic E-state index is 0.167. The molecule has 0 saturated heterocycles. The summed E-state index contributed by atoms with van der Waals surface area (Å²) in [7, 11) is 0. The number of aryl methyl sites for hydroxylation is 1. The van der Waals surface area contributed by atoms with Gasteiger partial charge in [0.05, 0.1) is 11.3 Å². The molecule has 11 heavy (non-hydrogen) atoms. The molecule has 2 rings (SSSR count). The molecule has 1 aliphatic rings. The second-order valence-electron chi connectivity index (χ2n) is 2.61. The van der Waals surface area contributed by atoms with Gasteiger partial charge in [-0.2, -0.15) is 0 Å². The topological polar surface area (TPSA) is 42.9 Å². The highest BCUT2D eigenvalue weighted by atomic mass is 16.1. The van der Waals surface area contributed by atoms with Gasteiger partial charge in [0.2, 0.25) is 0 Å². The smallest absolute Gasteiger partial charge is 0.197 e. The lowest BCUT2D eigenvalue weighted by molar-refractivity contribution is 0.0971. The molecule has 1 aromatic rings. The quantitative estimate of drug-likeness (QED) is 0.545. The van der Waals surface area contributed by atoms with Crippen LogP contribution in [-0.4, -0.2) is 15.8 Å². The van der Waals surface area contributed by atoms with Gasteiger partial charge in [0, 0.05) is 12.6 Å². The molecule has 0 aliphatic heterocycles. The molecule has 0 fully saturated rings. The van der Waals surface area contributed by atoms with Gasteiger partial charge in [-0.3, -0.25) is 4.79 Å². The van der Waals surface area contributed by atoms with Crippen LogP contribution >= 0.6 is 0 Å². The van der Waals surface area contributed by atoms with E-state index in [1.165, 1.54) is 0 Å². The van der Waals surface area contributed by atoms with Crippen molar-refractivity contribution in [1.82, 2.24) is 9.97 Å². The first-order chi connectivity index (χ1) is 5.38. The summed E-state index contributed by atoms with van der Waals surface area (Å²) in [5, 5.41) is 0. The lowest BCUT2D eigenvalue weighted by Gasteiger charge is -2.10. The summed E-state index contributed by atoms with van der Waals surface area (Å²) in [5.74, 6) is 0.167. The Morgan fingerprint density at radius 2 is 2.36 bits per heavy atom. The molecule has 0 atom stereocenters. The van der Waals surface area contributed by atoms with Gasteiger partial charge in [0.1, 0.15) is 0 Å². The van der Waals surface area contributed by atoms with Gasteiger partial charge in [-0.25, -0.2) is 9.97 Å². The SMILES string of the molecule is O=C1CCCc2n[c]ncc21. The molecular formula is C8H7N2O. The molecular weight excluding hydrogens is 140 g/mol. The number of rotatable bonds is 0. The maximum absolute atomic E-state index is 11.2. The van der Waals surface area contributed by atoms with Crippen LogP contribution in [0.5, 0.6) is 0 Å². The molecule has 0 amide bonds. The Morgan fingerprint density at radius 3 is 3.18 bits per heavy atom. The third-order valence-corrected chi connectivity index (χ3v) is 1.87. The average molecular weight is 147 g/mol. The predicted molar refractivity (Wildman–Crippen MR) is 38.1 cm³/mol. The lowest BCUT2D eigenvalue weighted by atomic mass is 9.96. The number of nitrogens with zero attached hydrogens (tertiary/aromatic N) is 2. The Hall–Kier alpha value is -1.25. The van der Waals surface area contributed by atoms with Gasteiger partial charge in [-0.05, 0) is 12.8 Å². The fourth-order valence-corrected chi connectivity index (χ4v) is 1.29. The van der Waals surface area contributed by atoms with E-state index < -0.39 is 0 Å². The highest BCUT2D eigenvalue weighted by molar-refractivity contribution is 5.97. The molecule has 3 nitrogen and oxygen atoms in total. The largest absolute Gasteiger partial charge is 0.294 e. The van der Waals surface area contributed by atoms with E-state index in [2.05, 4.69) is 16.3 Å². The van der Waals surface area contributed by atoms with Crippen LogP contribution in [0, 0.1) is 6.33 Å². The molecule has 0 N–H and O–H groups in total. The number of Topliss-reactive ketones (excluding diaryl/α,β-unsaturated/α-hetero) is 1. The highest BCUT2D eigenvalue weighted by Gasteiger charge is 2.17. The molecule has 0 bridgehead atoms. The van der Waals surface area contributed by atoms with Gasteiger partial charge in [0.15, 0.2) is 12.1 Å². The summed E-state index contributed by atoms with van der Waals surface area (Å²) in [5.41, 5.74) is 1.55. The van der Waals surface area contributed by atoms with E-state index in [0.29, 0.717) is 12.0 Å². The first-order valence-electron chi connectivity index (χ1n) is 3.63. The van der Waals surface area contributed by atoms with Crippen molar-refractivity contribution >= 4 is 5.78 Å². The van der Waals surface area contributed by atoms with Crippen LogP contribution in [0.3, 0.4) is 0 Å². The van der Waals surface area contributed by atoms with E-state index in [-0.39, 0.29) is 5.78 Å². The van der Waals surface area contributed by atoms with Crippen molar-refractivity contribution in [2.75, 3.05) is 0 Å². The molecule has 3 heteroatoms. The minimum absolute atomic E-state index is 0.167. The number of fused-ring (bicyclic) bond motifs is 1. The number of ketones is 1. The van der Waals surface area contributed by atoms with E-state index in [1.54, 1.807) is 6.20 Å². The van der Waals surface area contributed by atoms with Gasteiger partial charge in [-0.15, -0.1) is 0 Å². The van der Waals surface area contributed by atoms with Crippen molar-refractivity contribution in [1.29, 1.82) is 0 Å². The van der Waals surface area contributed by atoms with Crippen molar-refractivity contribution in [2.24, 2.45) is 0 Å². The van der Waals surface area contributed by atoms with E-state index in [9.17, 15) is 4.79 Å². The van der Waals surface area contributed by atoms with Gasteiger partial charge < -0.3 is 0 Å². The standard InChI is InChI=1S/C8H7N2O/c11-8-3-1-2-7-6(8)4-9-5-10-7/h4H,1-3H2. The van der Waals surface area contributed by atoms with Crippen LogP contribution in [-0.2, 0) is 6.42 Å². The van der Waals surface area contributed by atoms with Crippen LogP contribution in [0.1, 0.15) is 28.9 Å². The second kappa shape index (κ2) is 2.42. The van der Waals surface area contributed by atoms with Gasteiger partial charge in [0.25, 0.3) is 0 Å². The van der Waals surface area contributed by atoms with Crippen LogP contribution in [0.25, 0.3) is 0 Å². The summed E-state index contributed by atoms with van der Waals surface area (Å²) >= 11 is 0. The van der Waals surface area contributed by atoms with E-state index in [4.69, 9.17) is 0 Å². The van der Waals surface area contributed by atoms with Crippen LogP contribution in [0.15, 0.2) is 6.20 Å². The zero-order chi connectivity index (χ0) is 7.68. The van der Waals surface area contributed by atoms with Crippen molar-refractivity contribution in [3.8, 4) is 0 Å². The van der Waals surface area contributed by atoms with E-state index in [1.807, 2.05) is 0 Å². The fourth-order valence-electron chi connectivity index (χ4n) is 1.29. The predicted octanol–water partition coefficient (Wildman–Crippen LogP) is 0.796. The first-order valence-corrected chi connectivity index (χ1v) is 3.63. The van der Waals surface area contributed by atoms with Crippen molar-refractivity contribution in [3.63, 3.8) is 0 Å². The number of carbonyl (C=O) groups excluding carboxylic acids is 1. The average Bonchev–Trinajstić information content (AvgIpc) is 2.06. The fraction of sp³-hybridized carbons (Fsp3) is 0.375. The maximum atomic E-state index is 11.2. The lowest BCUT2D eigenvalue weighted by Crippen LogP contribution is -2.12. The molecule has 1 aliphatic carbocycles. The molecule has 55 valence electrons. The highest BCUT2D eigenvalue weighted by Crippen LogP contribution is 2.16. The Kier molecular flexibility index (Phi) is 1.42. The zero-order valence-electron chi connectivity index (χ0n) is 6.00. The number of aromatic nitrogens is 2. The van der Waals surface area contributed by atoms with E-state index >= 15 is 0 Å². The molecule has 0 unspecified atom stereocenters. The summed E-state index contributed by atoms with van der Waals surface area (Å²) in [6, 6.07) is 0. The summed E-state index contributed by atoms with van der Waals surface area (Å²) in [4.78, 5) is 18.8. The van der Waals surface area contributed by atoms with Crippen molar-refractivity contribution in [3.05, 3.63) is 23.8 Å². The number of hydrogen-bond acceptors (Lipinski definition) is 3. The van der Waals surface area contributed by atoms with Crippen LogP contribution < -0.4 is 0 Å². The van der Waals surface area contributed by atoms with Crippen molar-refractivity contribution < 1.29 is 4.79 Å². The third kappa shape index (κ3) is 1.02. The number of carbonyl (C=O) groups is 1. The number of hydrogen-bond donors (Lipinski definition) is 0. The van der Waals surface area contributed by atoms with Gasteiger partial charge >= 0.3 is 0 Å². The van der Waals surface area contributed by atoms with E-state index in [0.717, 1.165) is 18.5 Å². The Balaban J connectivity index is 2.52. The third-order valence-electron chi connectivity index (χ3n) is 1.87. The minimum Gasteiger partial charge on any atom is -0.294 e. The Morgan fingerprint density at radius 1 is 1.45 bits per heavy atom. The molecule has 1 radical (unpaired) electrons. The summed E-state index contributed by atoms with van der Waals surface area (Å²) in [6.45, 7) is 0. The van der Waals surface area contributed by atoms with Crippen LogP contribution in [0.4, 0.5) is 0 Å².